The summed E-state index contributed by atoms with van der Waals surface area (Å²) in [5, 5.41) is 0. The Kier molecular flexibility index (Phi) is 60.8. The average Bonchev–Trinajstić information content (AvgIpc) is 0.918. The smallest absolute Gasteiger partial charge is 0.412 e. The summed E-state index contributed by atoms with van der Waals surface area (Å²) in [6.07, 6.45) is 0. The van der Waals surface area contributed by atoms with Crippen LogP contribution < -0.4 is 0 Å². The van der Waals surface area contributed by atoms with E-state index >= 15 is 0 Å². The maximum absolute atomic E-state index is 4.90. The van der Waals surface area contributed by atoms with Crippen LogP contribution in [0.3, 0.4) is 0 Å². The van der Waals surface area contributed by atoms with Crippen LogP contribution in [-0.2, 0) is 0 Å². The second-order valence-corrected chi connectivity index (χ2v) is 2.73. The fourth-order valence-corrected chi connectivity index (χ4v) is 0. The van der Waals surface area contributed by atoms with Crippen LogP contribution in [0.1, 0.15) is 0 Å². The lowest BCUT2D eigenvalue weighted by molar-refractivity contribution is 0.823. The van der Waals surface area contributed by atoms with E-state index in [4.69, 9.17) is 18.1 Å². The molecule has 4 N–H and O–H groups in total. The van der Waals surface area contributed by atoms with Crippen LogP contribution in [0.5, 0.6) is 0 Å². The van der Waals surface area contributed by atoms with Crippen LogP contribution in [0.25, 0.3) is 0 Å². The molecule has 0 saturated heterocycles. The Hall–Kier alpha value is 1.27. The molecule has 0 aromatic heterocycles. The van der Waals surface area contributed by atoms with Gasteiger partial charge in [0.05, 0.1) is 0 Å². The van der Waals surface area contributed by atoms with Crippen LogP contribution in [0.2, 0.25) is 0 Å². The molecule has 2 nitrogen and oxygen atoms in total. The maximum atomic E-state index is 4.90. The minimum Gasteiger partial charge on any atom is -0.412 e. The van der Waals surface area contributed by atoms with Crippen molar-refractivity contribution in [2.24, 2.45) is 0 Å². The summed E-state index contributed by atoms with van der Waals surface area (Å²) in [6, 6.07) is 0. The molecule has 0 heterocycles. The normalized spacial score (nSPS) is 2.00. The van der Waals surface area contributed by atoms with Crippen molar-refractivity contribution in [2.45, 2.75) is 0 Å². The molecule has 0 amide bonds. The molecule has 0 aliphatic heterocycles. The van der Waals surface area contributed by atoms with Crippen molar-refractivity contribution >= 4 is 36.3 Å². The minimum absolute atomic E-state index is 0. The van der Waals surface area contributed by atoms with Gasteiger partial charge in [-0.15, -0.1) is 0 Å². The van der Waals surface area contributed by atoms with E-state index in [2.05, 4.69) is 0 Å². The zero-order valence-corrected chi connectivity index (χ0v) is 5.39. The molecule has 0 aromatic rings. The van der Waals surface area contributed by atoms with Gasteiger partial charge in [-0.1, -0.05) is 0 Å². The highest BCUT2D eigenvalue weighted by Gasteiger charge is 1.64. The van der Waals surface area contributed by atoms with Gasteiger partial charge in [-0.3, -0.25) is 0 Å². The van der Waals surface area contributed by atoms with E-state index in [1.165, 1.54) is 0 Å². The van der Waals surface area contributed by atoms with Crippen molar-refractivity contribution in [3.63, 3.8) is 0 Å². The topological polar surface area (TPSA) is 63.0 Å². The predicted molar refractivity (Wildman–Crippen MR) is 24.7 cm³/mol. The molecule has 5 heteroatoms. The molecule has 0 fully saturated rings. The lowest BCUT2D eigenvalue weighted by Crippen LogP contribution is -1.36. The Balaban J connectivity index is -0.0000000200. The third-order valence-corrected chi connectivity index (χ3v) is 0. The average molecular weight is 131 g/mol. The molecule has 0 bridgehead atoms. The van der Waals surface area contributed by atoms with E-state index in [0.29, 0.717) is 0 Å². The van der Waals surface area contributed by atoms with Crippen LogP contribution >= 0.6 is 18.1 Å². The summed E-state index contributed by atoms with van der Waals surface area (Å²) in [6.45, 7) is 0. The van der Waals surface area contributed by atoms with Crippen molar-refractivity contribution in [3.8, 4) is 0 Å². The Morgan fingerprint density at radius 3 is 1.00 bits per heavy atom. The molecular weight excluding hydrogens is 127 g/mol. The van der Waals surface area contributed by atoms with Crippen molar-refractivity contribution in [1.29, 1.82) is 0 Å². The Bertz CT molecular complexity index is 7.61. The zero-order valence-electron chi connectivity index (χ0n) is 2.46. The highest BCUT2D eigenvalue weighted by molar-refractivity contribution is 7.22. The lowest BCUT2D eigenvalue weighted by Gasteiger charge is -1.33. The van der Waals surface area contributed by atoms with E-state index in [0.717, 1.165) is 0 Å². The Morgan fingerprint density at radius 1 is 1.00 bits per heavy atom. The number of halogens is 2. The van der Waals surface area contributed by atoms with Crippen molar-refractivity contribution in [2.75, 3.05) is 0 Å². The summed E-state index contributed by atoms with van der Waals surface area (Å²) in [4.78, 5) is 0. The first kappa shape index (κ1) is 16.3. The second kappa shape index (κ2) is 18.7. The number of rotatable bonds is 0. The first-order valence-corrected chi connectivity index (χ1v) is 4.81. The zero-order chi connectivity index (χ0) is 2.71. The monoisotopic (exact) mass is 130 g/mol. The standard InChI is InChI=1S/2ClH.Mg.2H2O/h2*1H;;2*1H2/q;;+2;;/p-2. The fraction of sp³-hybridized carbons (Fsp3) is 0. The Labute approximate surface area is 47.3 Å². The summed E-state index contributed by atoms with van der Waals surface area (Å²) < 4.78 is 0. The predicted octanol–water partition coefficient (Wildman–Crippen LogP) is -0.651. The maximum Gasteiger partial charge on any atom is 0.618 e. The first-order valence-electron chi connectivity index (χ1n) is 0.535. The van der Waals surface area contributed by atoms with E-state index in [9.17, 15) is 0 Å². The summed E-state index contributed by atoms with van der Waals surface area (Å²) in [5.74, 6) is 0. The van der Waals surface area contributed by atoms with Crippen LogP contribution in [0.15, 0.2) is 0 Å². The molecular formula is H4Cl2MgO2. The SMILES string of the molecule is O.O.[Cl][Mg][Cl]. The van der Waals surface area contributed by atoms with Gasteiger partial charge in [-0.2, -0.15) is 0 Å². The molecule has 0 rings (SSSR count). The minimum atomic E-state index is -0.639. The van der Waals surface area contributed by atoms with Gasteiger partial charge >= 0.3 is 18.2 Å². The van der Waals surface area contributed by atoms with E-state index in [-0.39, 0.29) is 11.0 Å². The first-order chi connectivity index (χ1) is 1.41. The van der Waals surface area contributed by atoms with Crippen molar-refractivity contribution < 1.29 is 11.0 Å². The van der Waals surface area contributed by atoms with E-state index in [1.807, 2.05) is 0 Å². The van der Waals surface area contributed by atoms with Gasteiger partial charge in [0.1, 0.15) is 0 Å². The Morgan fingerprint density at radius 2 is 1.00 bits per heavy atom. The highest BCUT2D eigenvalue weighted by atomic mass is 35.6. The fourth-order valence-electron chi connectivity index (χ4n) is 0. The second-order valence-electron chi connectivity index (χ2n) is 0.101. The largest absolute Gasteiger partial charge is 0.618 e. The molecule has 0 aromatic carbocycles. The van der Waals surface area contributed by atoms with E-state index < -0.39 is 18.2 Å². The van der Waals surface area contributed by atoms with Gasteiger partial charge in [-0.25, -0.2) is 0 Å². The van der Waals surface area contributed by atoms with Gasteiger partial charge in [0, 0.05) is 0 Å². The third kappa shape index (κ3) is 35.0. The van der Waals surface area contributed by atoms with Crippen molar-refractivity contribution in [1.82, 2.24) is 0 Å². The lowest BCUT2D eigenvalue weighted by atomic mass is 16.0. The number of hydrogen-bond donors (Lipinski definition) is 0. The van der Waals surface area contributed by atoms with Crippen LogP contribution in [-0.4, -0.2) is 29.1 Å². The molecule has 0 saturated carbocycles. The highest BCUT2D eigenvalue weighted by Crippen LogP contribution is 1.67. The molecule has 0 atom stereocenters. The summed E-state index contributed by atoms with van der Waals surface area (Å²) in [5.41, 5.74) is 0. The molecule has 0 unspecified atom stereocenters. The molecule has 0 spiro atoms. The molecule has 0 radical (unpaired) electrons. The summed E-state index contributed by atoms with van der Waals surface area (Å²) >= 11 is -0.639. The van der Waals surface area contributed by atoms with Gasteiger partial charge in [0.2, 0.25) is 0 Å². The van der Waals surface area contributed by atoms with Crippen LogP contribution in [0.4, 0.5) is 0 Å². The third-order valence-electron chi connectivity index (χ3n) is 0. The van der Waals surface area contributed by atoms with Gasteiger partial charge in [0.25, 0.3) is 0 Å². The molecule has 5 heavy (non-hydrogen) atoms. The van der Waals surface area contributed by atoms with Crippen molar-refractivity contribution in [3.05, 3.63) is 0 Å². The molecule has 0 aliphatic rings. The quantitative estimate of drug-likeness (QED) is 0.392. The van der Waals surface area contributed by atoms with Crippen LogP contribution in [0, 0.1) is 0 Å². The van der Waals surface area contributed by atoms with Gasteiger partial charge in [0.15, 0.2) is 0 Å². The number of hydrogen-bond acceptors (Lipinski definition) is 0. The molecule has 0 aliphatic carbocycles. The van der Waals surface area contributed by atoms with E-state index in [1.54, 1.807) is 0 Å². The molecule has 32 valence electrons. The summed E-state index contributed by atoms with van der Waals surface area (Å²) in [7, 11) is 9.81. The van der Waals surface area contributed by atoms with Gasteiger partial charge in [-0.05, 0) is 0 Å². The van der Waals surface area contributed by atoms with Gasteiger partial charge < -0.3 is 29.1 Å².